The van der Waals surface area contributed by atoms with Gasteiger partial charge >= 0.3 is 12.1 Å². The van der Waals surface area contributed by atoms with E-state index < -0.39 is 12.1 Å². The molecule has 0 saturated carbocycles. The minimum atomic E-state index is -4.86. The van der Waals surface area contributed by atoms with Crippen molar-refractivity contribution in [2.24, 2.45) is 7.05 Å². The van der Waals surface area contributed by atoms with E-state index in [0.717, 1.165) is 0 Å². The quantitative estimate of drug-likeness (QED) is 0.743. The summed E-state index contributed by atoms with van der Waals surface area (Å²) in [6.45, 7) is -0.297. The minimum absolute atomic E-state index is 0.252. The number of rotatable bonds is 2. The van der Waals surface area contributed by atoms with Crippen LogP contribution >= 0.6 is 0 Å². The fourth-order valence-corrected chi connectivity index (χ4v) is 0.727. The highest BCUT2D eigenvalue weighted by molar-refractivity contribution is 5.81. The van der Waals surface area contributed by atoms with E-state index in [9.17, 15) is 18.0 Å². The summed E-state index contributed by atoms with van der Waals surface area (Å²) in [6, 6.07) is 0. The van der Waals surface area contributed by atoms with E-state index >= 15 is 0 Å². The lowest BCUT2D eigenvalue weighted by Gasteiger charge is -2.06. The van der Waals surface area contributed by atoms with Crippen LogP contribution in [0, 0.1) is 0 Å². The Balaban J connectivity index is 2.50. The van der Waals surface area contributed by atoms with Crippen molar-refractivity contribution in [3.05, 3.63) is 12.2 Å². The van der Waals surface area contributed by atoms with Gasteiger partial charge in [0.05, 0.1) is 6.54 Å². The van der Waals surface area contributed by atoms with Crippen molar-refractivity contribution in [2.45, 2.75) is 12.7 Å². The van der Waals surface area contributed by atoms with Gasteiger partial charge in [0.15, 0.2) is 5.82 Å². The molecule has 0 bridgehead atoms. The number of halogens is 3. The molecule has 0 spiro atoms. The summed E-state index contributed by atoms with van der Waals surface area (Å²) in [6.07, 6.45) is -3.53. The minimum Gasteiger partial charge on any atom is -0.341 e. The maximum Gasteiger partial charge on any atom is 0.471 e. The first-order valence-electron chi connectivity index (χ1n) is 3.59. The second kappa shape index (κ2) is 3.64. The van der Waals surface area contributed by atoms with Crippen LogP contribution in [0.4, 0.5) is 13.2 Å². The van der Waals surface area contributed by atoms with Crippen LogP contribution < -0.4 is 5.32 Å². The SMILES string of the molecule is Cn1cnnc1CNC(=O)C(F)(F)F. The van der Waals surface area contributed by atoms with E-state index in [0.29, 0.717) is 0 Å². The van der Waals surface area contributed by atoms with Crippen molar-refractivity contribution in [1.29, 1.82) is 0 Å². The number of carbonyl (C=O) groups excluding carboxylic acids is 1. The summed E-state index contributed by atoms with van der Waals surface area (Å²) in [5, 5.41) is 8.62. The fraction of sp³-hybridized carbons (Fsp3) is 0.500. The third-order valence-corrected chi connectivity index (χ3v) is 1.47. The molecule has 1 aromatic rings. The fourth-order valence-electron chi connectivity index (χ4n) is 0.727. The van der Waals surface area contributed by atoms with E-state index in [2.05, 4.69) is 10.2 Å². The summed E-state index contributed by atoms with van der Waals surface area (Å²) in [5.74, 6) is -1.73. The number of nitrogens with zero attached hydrogens (tertiary/aromatic N) is 3. The molecule has 0 aromatic carbocycles. The molecule has 1 N–H and O–H groups in total. The lowest BCUT2D eigenvalue weighted by Crippen LogP contribution is -2.36. The lowest BCUT2D eigenvalue weighted by molar-refractivity contribution is -0.173. The monoisotopic (exact) mass is 208 g/mol. The molecule has 0 aliphatic rings. The molecule has 1 heterocycles. The Morgan fingerprint density at radius 3 is 2.71 bits per heavy atom. The predicted molar refractivity (Wildman–Crippen MR) is 38.9 cm³/mol. The van der Waals surface area contributed by atoms with Crippen molar-refractivity contribution < 1.29 is 18.0 Å². The third-order valence-electron chi connectivity index (χ3n) is 1.47. The predicted octanol–water partition coefficient (Wildman–Crippen LogP) is -0.00640. The molecular formula is C6H7F3N4O. The van der Waals surface area contributed by atoms with E-state index in [1.54, 1.807) is 12.4 Å². The van der Waals surface area contributed by atoms with Gasteiger partial charge in [0, 0.05) is 7.05 Å². The van der Waals surface area contributed by atoms with E-state index in [4.69, 9.17) is 0 Å². The molecule has 14 heavy (non-hydrogen) atoms. The van der Waals surface area contributed by atoms with Gasteiger partial charge in [-0.3, -0.25) is 4.79 Å². The molecule has 0 radical (unpaired) electrons. The number of aromatic nitrogens is 3. The van der Waals surface area contributed by atoms with Crippen LogP contribution in [0.3, 0.4) is 0 Å². The van der Waals surface area contributed by atoms with Crippen molar-refractivity contribution >= 4 is 5.91 Å². The van der Waals surface area contributed by atoms with Crippen LogP contribution in [0.1, 0.15) is 5.82 Å². The number of amides is 1. The topological polar surface area (TPSA) is 59.8 Å². The van der Waals surface area contributed by atoms with Crippen LogP contribution in [0.2, 0.25) is 0 Å². The highest BCUT2D eigenvalue weighted by Gasteiger charge is 2.38. The van der Waals surface area contributed by atoms with Gasteiger partial charge in [-0.2, -0.15) is 13.2 Å². The Morgan fingerprint density at radius 2 is 2.29 bits per heavy atom. The first-order valence-corrected chi connectivity index (χ1v) is 3.59. The number of hydrogen-bond donors (Lipinski definition) is 1. The Bertz CT molecular complexity index is 332. The lowest BCUT2D eigenvalue weighted by atomic mass is 10.5. The maximum absolute atomic E-state index is 11.7. The van der Waals surface area contributed by atoms with Crippen LogP contribution in [0.25, 0.3) is 0 Å². The molecule has 0 saturated heterocycles. The van der Waals surface area contributed by atoms with E-state index in [1.165, 1.54) is 10.9 Å². The van der Waals surface area contributed by atoms with Crippen molar-refractivity contribution in [1.82, 2.24) is 20.1 Å². The zero-order valence-electron chi connectivity index (χ0n) is 7.17. The first kappa shape index (κ1) is 10.5. The summed E-state index contributed by atoms with van der Waals surface area (Å²) < 4.78 is 36.6. The zero-order valence-corrected chi connectivity index (χ0v) is 7.17. The smallest absolute Gasteiger partial charge is 0.341 e. The molecule has 0 aliphatic heterocycles. The third kappa shape index (κ3) is 2.44. The summed E-state index contributed by atoms with van der Waals surface area (Å²) in [7, 11) is 1.56. The van der Waals surface area contributed by atoms with Crippen LogP contribution in [-0.2, 0) is 18.4 Å². The Kier molecular flexibility index (Phi) is 2.73. The number of carbonyl (C=O) groups is 1. The molecule has 5 nitrogen and oxygen atoms in total. The highest BCUT2D eigenvalue weighted by Crippen LogP contribution is 2.14. The molecule has 0 atom stereocenters. The molecule has 1 rings (SSSR count). The van der Waals surface area contributed by atoms with Gasteiger partial charge in [-0.1, -0.05) is 0 Å². The molecule has 0 aliphatic carbocycles. The average molecular weight is 208 g/mol. The molecule has 0 unspecified atom stereocenters. The van der Waals surface area contributed by atoms with E-state index in [1.807, 2.05) is 0 Å². The Labute approximate surface area is 76.9 Å². The standard InChI is InChI=1S/C6H7F3N4O/c1-13-3-11-12-4(13)2-10-5(14)6(7,8)9/h3H,2H2,1H3,(H,10,14). The van der Waals surface area contributed by atoms with Crippen molar-refractivity contribution in [3.63, 3.8) is 0 Å². The Hall–Kier alpha value is -1.60. The van der Waals surface area contributed by atoms with Crippen LogP contribution in [-0.4, -0.2) is 26.8 Å². The van der Waals surface area contributed by atoms with Gasteiger partial charge in [0.25, 0.3) is 0 Å². The second-order valence-electron chi connectivity index (χ2n) is 2.54. The molecule has 8 heteroatoms. The normalized spacial score (nSPS) is 11.4. The van der Waals surface area contributed by atoms with Gasteiger partial charge in [-0.15, -0.1) is 10.2 Å². The highest BCUT2D eigenvalue weighted by atomic mass is 19.4. The van der Waals surface area contributed by atoms with Gasteiger partial charge in [-0.05, 0) is 0 Å². The zero-order chi connectivity index (χ0) is 10.8. The Morgan fingerprint density at radius 1 is 1.64 bits per heavy atom. The van der Waals surface area contributed by atoms with Gasteiger partial charge in [0.2, 0.25) is 0 Å². The second-order valence-corrected chi connectivity index (χ2v) is 2.54. The van der Waals surface area contributed by atoms with Gasteiger partial charge in [-0.25, -0.2) is 0 Å². The number of nitrogens with one attached hydrogen (secondary N) is 1. The molecule has 1 aromatic heterocycles. The first-order chi connectivity index (χ1) is 6.41. The van der Waals surface area contributed by atoms with Gasteiger partial charge in [0.1, 0.15) is 6.33 Å². The van der Waals surface area contributed by atoms with Crippen LogP contribution in [0.15, 0.2) is 6.33 Å². The van der Waals surface area contributed by atoms with Crippen LogP contribution in [0.5, 0.6) is 0 Å². The molecule has 78 valence electrons. The molecule has 1 amide bonds. The summed E-state index contributed by atoms with van der Waals surface area (Å²) in [4.78, 5) is 10.4. The number of hydrogen-bond acceptors (Lipinski definition) is 3. The van der Waals surface area contributed by atoms with Crippen molar-refractivity contribution in [3.8, 4) is 0 Å². The average Bonchev–Trinajstić information content (AvgIpc) is 2.45. The summed E-state index contributed by atoms with van der Waals surface area (Å²) in [5.41, 5.74) is 0. The largest absolute Gasteiger partial charge is 0.471 e. The number of alkyl halides is 3. The summed E-state index contributed by atoms with van der Waals surface area (Å²) >= 11 is 0. The molecule has 0 fully saturated rings. The number of aryl methyl sites for hydroxylation is 1. The van der Waals surface area contributed by atoms with Gasteiger partial charge < -0.3 is 9.88 Å². The molecular weight excluding hydrogens is 201 g/mol. The van der Waals surface area contributed by atoms with Crippen molar-refractivity contribution in [2.75, 3.05) is 0 Å². The maximum atomic E-state index is 11.7. The van der Waals surface area contributed by atoms with E-state index in [-0.39, 0.29) is 12.4 Å².